The summed E-state index contributed by atoms with van der Waals surface area (Å²) >= 11 is 3.36. The zero-order valence-electron chi connectivity index (χ0n) is 9.84. The minimum Gasteiger partial charge on any atom is -0.476 e. The number of aromatic carboxylic acids is 1. The van der Waals surface area contributed by atoms with Gasteiger partial charge < -0.3 is 14.4 Å². The third kappa shape index (κ3) is 1.99. The summed E-state index contributed by atoms with van der Waals surface area (Å²) in [5, 5.41) is 9.00. The number of amides is 1. The average molecular weight is 324 g/mol. The van der Waals surface area contributed by atoms with Gasteiger partial charge in [-0.2, -0.15) is 0 Å². The van der Waals surface area contributed by atoms with Crippen LogP contribution >= 0.6 is 15.9 Å². The smallest absolute Gasteiger partial charge is 0.356 e. The summed E-state index contributed by atoms with van der Waals surface area (Å²) in [6, 6.07) is 1.79. The fourth-order valence-corrected chi connectivity index (χ4v) is 2.69. The van der Waals surface area contributed by atoms with Gasteiger partial charge in [0.2, 0.25) is 5.91 Å². The summed E-state index contributed by atoms with van der Waals surface area (Å²) in [6.07, 6.45) is 4.49. The number of carboxylic acids is 1. The Balaban J connectivity index is 2.22. The van der Waals surface area contributed by atoms with Crippen molar-refractivity contribution in [3.63, 3.8) is 0 Å². The minimum atomic E-state index is -1.08. The van der Waals surface area contributed by atoms with Gasteiger partial charge in [-0.05, 0) is 28.4 Å². The number of imidazole rings is 1. The SMILES string of the molecule is O=C(O)c1cn2cc(Br)cc(N3CCCC3=O)c2n1. The predicted molar refractivity (Wildman–Crippen MR) is 71.4 cm³/mol. The third-order valence-corrected chi connectivity index (χ3v) is 3.52. The number of fused-ring (bicyclic) bond motifs is 1. The molecule has 0 spiro atoms. The Morgan fingerprint density at radius 3 is 2.84 bits per heavy atom. The quantitative estimate of drug-likeness (QED) is 0.916. The van der Waals surface area contributed by atoms with Gasteiger partial charge in [-0.15, -0.1) is 0 Å². The second-order valence-corrected chi connectivity index (χ2v) is 5.27. The van der Waals surface area contributed by atoms with Crippen LogP contribution in [0.2, 0.25) is 0 Å². The molecule has 0 saturated carbocycles. The summed E-state index contributed by atoms with van der Waals surface area (Å²) in [5.41, 5.74) is 1.09. The maximum atomic E-state index is 11.8. The molecule has 0 radical (unpaired) electrons. The van der Waals surface area contributed by atoms with Gasteiger partial charge in [0, 0.05) is 29.8 Å². The van der Waals surface area contributed by atoms with Crippen LogP contribution < -0.4 is 4.90 Å². The Morgan fingerprint density at radius 2 is 2.21 bits per heavy atom. The van der Waals surface area contributed by atoms with Crippen LogP contribution in [0, 0.1) is 0 Å². The molecule has 1 aliphatic rings. The lowest BCUT2D eigenvalue weighted by atomic mass is 10.3. The first-order chi connectivity index (χ1) is 9.06. The molecule has 2 aromatic rings. The number of carbonyl (C=O) groups excluding carboxylic acids is 1. The van der Waals surface area contributed by atoms with Crippen LogP contribution in [0.5, 0.6) is 0 Å². The summed E-state index contributed by atoms with van der Waals surface area (Å²) in [4.78, 5) is 28.5. The van der Waals surface area contributed by atoms with E-state index in [9.17, 15) is 9.59 Å². The summed E-state index contributed by atoms with van der Waals surface area (Å²) in [5.74, 6) is -1.04. The Labute approximate surface area is 116 Å². The molecular weight excluding hydrogens is 314 g/mol. The zero-order chi connectivity index (χ0) is 13.6. The number of carbonyl (C=O) groups is 2. The van der Waals surface area contributed by atoms with Crippen molar-refractivity contribution in [1.29, 1.82) is 0 Å². The molecule has 1 saturated heterocycles. The van der Waals surface area contributed by atoms with E-state index in [-0.39, 0.29) is 11.6 Å². The summed E-state index contributed by atoms with van der Waals surface area (Å²) < 4.78 is 2.39. The van der Waals surface area contributed by atoms with E-state index >= 15 is 0 Å². The molecule has 0 bridgehead atoms. The molecule has 6 nitrogen and oxygen atoms in total. The standard InChI is InChI=1S/C12H10BrN3O3/c13-7-4-9(16-3-1-2-10(16)17)11-14-8(12(18)19)6-15(11)5-7/h4-6H,1-3H2,(H,18,19). The largest absolute Gasteiger partial charge is 0.476 e. The Morgan fingerprint density at radius 1 is 1.42 bits per heavy atom. The van der Waals surface area contributed by atoms with Gasteiger partial charge in [-0.3, -0.25) is 4.79 Å². The highest BCUT2D eigenvalue weighted by molar-refractivity contribution is 9.10. The molecule has 0 aliphatic carbocycles. The van der Waals surface area contributed by atoms with E-state index in [0.29, 0.717) is 24.3 Å². The fourth-order valence-electron chi connectivity index (χ4n) is 2.25. The van der Waals surface area contributed by atoms with Crippen molar-refractivity contribution in [3.05, 3.63) is 28.6 Å². The molecule has 0 atom stereocenters. The van der Waals surface area contributed by atoms with Crippen LogP contribution in [-0.2, 0) is 4.79 Å². The predicted octanol–water partition coefficient (Wildman–Crippen LogP) is 1.92. The number of hydrogen-bond donors (Lipinski definition) is 1. The van der Waals surface area contributed by atoms with Crippen LogP contribution in [0.15, 0.2) is 22.9 Å². The van der Waals surface area contributed by atoms with E-state index in [1.807, 2.05) is 0 Å². The number of nitrogens with zero attached hydrogens (tertiary/aromatic N) is 3. The molecule has 3 rings (SSSR count). The van der Waals surface area contributed by atoms with Crippen LogP contribution in [0.3, 0.4) is 0 Å². The van der Waals surface area contributed by atoms with Crippen molar-refractivity contribution in [2.45, 2.75) is 12.8 Å². The van der Waals surface area contributed by atoms with Gasteiger partial charge in [0.1, 0.15) is 0 Å². The second kappa shape index (κ2) is 4.34. The van der Waals surface area contributed by atoms with Gasteiger partial charge in [0.05, 0.1) is 5.69 Å². The number of pyridine rings is 1. The molecule has 98 valence electrons. The molecule has 1 N–H and O–H groups in total. The fraction of sp³-hybridized carbons (Fsp3) is 0.250. The topological polar surface area (TPSA) is 74.9 Å². The van der Waals surface area contributed by atoms with Crippen LogP contribution in [0.25, 0.3) is 5.65 Å². The van der Waals surface area contributed by atoms with E-state index in [1.54, 1.807) is 21.6 Å². The number of carboxylic acid groups (broad SMARTS) is 1. The zero-order valence-corrected chi connectivity index (χ0v) is 11.4. The maximum absolute atomic E-state index is 11.8. The molecule has 19 heavy (non-hydrogen) atoms. The van der Waals surface area contributed by atoms with E-state index in [4.69, 9.17) is 5.11 Å². The summed E-state index contributed by atoms with van der Waals surface area (Å²) in [7, 11) is 0. The number of halogens is 1. The number of anilines is 1. The summed E-state index contributed by atoms with van der Waals surface area (Å²) in [6.45, 7) is 0.639. The number of aromatic nitrogens is 2. The van der Waals surface area contributed by atoms with Crippen molar-refractivity contribution in [2.24, 2.45) is 0 Å². The highest BCUT2D eigenvalue weighted by atomic mass is 79.9. The van der Waals surface area contributed by atoms with Crippen molar-refractivity contribution in [1.82, 2.24) is 9.38 Å². The van der Waals surface area contributed by atoms with Crippen molar-refractivity contribution in [3.8, 4) is 0 Å². The molecule has 3 heterocycles. The van der Waals surface area contributed by atoms with E-state index < -0.39 is 5.97 Å². The van der Waals surface area contributed by atoms with Gasteiger partial charge in [-0.25, -0.2) is 9.78 Å². The molecule has 1 aliphatic heterocycles. The van der Waals surface area contributed by atoms with Crippen molar-refractivity contribution in [2.75, 3.05) is 11.4 Å². The first-order valence-electron chi connectivity index (χ1n) is 5.78. The Hall–Kier alpha value is -1.89. The lowest BCUT2D eigenvalue weighted by Crippen LogP contribution is -2.24. The van der Waals surface area contributed by atoms with Gasteiger partial charge in [0.15, 0.2) is 11.3 Å². The van der Waals surface area contributed by atoms with Crippen LogP contribution in [0.1, 0.15) is 23.3 Å². The molecule has 7 heteroatoms. The highest BCUT2D eigenvalue weighted by Gasteiger charge is 2.25. The molecule has 2 aromatic heterocycles. The van der Waals surface area contributed by atoms with E-state index in [1.165, 1.54) is 6.20 Å². The van der Waals surface area contributed by atoms with Gasteiger partial charge >= 0.3 is 5.97 Å². The molecule has 0 aromatic carbocycles. The molecular formula is C12H10BrN3O3. The van der Waals surface area contributed by atoms with Crippen molar-refractivity contribution < 1.29 is 14.7 Å². The monoisotopic (exact) mass is 323 g/mol. The molecule has 0 unspecified atom stereocenters. The normalized spacial score (nSPS) is 15.4. The van der Waals surface area contributed by atoms with E-state index in [2.05, 4.69) is 20.9 Å². The number of rotatable bonds is 2. The maximum Gasteiger partial charge on any atom is 0.356 e. The Kier molecular flexibility index (Phi) is 2.78. The Bertz CT molecular complexity index is 695. The van der Waals surface area contributed by atoms with Gasteiger partial charge in [-0.1, -0.05) is 0 Å². The second-order valence-electron chi connectivity index (χ2n) is 4.35. The highest BCUT2D eigenvalue weighted by Crippen LogP contribution is 2.29. The average Bonchev–Trinajstić information content (AvgIpc) is 2.93. The molecule has 1 amide bonds. The van der Waals surface area contributed by atoms with Crippen LogP contribution in [-0.4, -0.2) is 32.9 Å². The third-order valence-electron chi connectivity index (χ3n) is 3.08. The lowest BCUT2D eigenvalue weighted by Gasteiger charge is -2.16. The lowest BCUT2D eigenvalue weighted by molar-refractivity contribution is -0.117. The van der Waals surface area contributed by atoms with Crippen molar-refractivity contribution >= 4 is 39.1 Å². The van der Waals surface area contributed by atoms with Crippen LogP contribution in [0.4, 0.5) is 5.69 Å². The van der Waals surface area contributed by atoms with E-state index in [0.717, 1.165) is 10.9 Å². The molecule has 1 fully saturated rings. The van der Waals surface area contributed by atoms with Gasteiger partial charge in [0.25, 0.3) is 0 Å². The first kappa shape index (κ1) is 12.2. The minimum absolute atomic E-state index is 0.0361. The number of hydrogen-bond acceptors (Lipinski definition) is 3. The first-order valence-corrected chi connectivity index (χ1v) is 6.57.